The summed E-state index contributed by atoms with van der Waals surface area (Å²) in [6.07, 6.45) is 0.722. The maximum atomic E-state index is 11.6. The van der Waals surface area contributed by atoms with Crippen molar-refractivity contribution in [2.75, 3.05) is 19.5 Å². The lowest BCUT2D eigenvalue weighted by Crippen LogP contribution is -2.16. The SMILES string of the molecule is COC(=O)/C=C(/Nc1cc(Cl)cc(S(=O)(=O)O)c1O)C(=O)OC. The number of methoxy groups -OCH3 is 2. The number of phenols is 1. The summed E-state index contributed by atoms with van der Waals surface area (Å²) < 4.78 is 40.2. The molecule has 1 aromatic carbocycles. The van der Waals surface area contributed by atoms with Crippen LogP contribution >= 0.6 is 11.6 Å². The second-order valence-corrected chi connectivity index (χ2v) is 5.80. The average molecular weight is 366 g/mol. The molecule has 0 unspecified atom stereocenters. The fraction of sp³-hybridized carbons (Fsp3) is 0.167. The van der Waals surface area contributed by atoms with E-state index >= 15 is 0 Å². The lowest BCUT2D eigenvalue weighted by molar-refractivity contribution is -0.138. The molecular weight excluding hydrogens is 354 g/mol. The number of rotatable bonds is 5. The van der Waals surface area contributed by atoms with Crippen LogP contribution in [0.5, 0.6) is 5.75 Å². The Balaban J connectivity index is 3.40. The maximum Gasteiger partial charge on any atom is 0.354 e. The molecule has 23 heavy (non-hydrogen) atoms. The van der Waals surface area contributed by atoms with Crippen LogP contribution in [0.25, 0.3) is 0 Å². The standard InChI is InChI=1S/C12H12ClNO8S/c1-21-10(15)5-8(12(17)22-2)14-7-3-6(13)4-9(11(7)16)23(18,19)20/h3-5,14,16H,1-2H3,(H,18,19,20)/b8-5+. The third-order valence-corrected chi connectivity index (χ3v) is 3.54. The van der Waals surface area contributed by atoms with Crippen LogP contribution in [-0.4, -0.2) is 44.2 Å². The lowest BCUT2D eigenvalue weighted by Gasteiger charge is -2.13. The van der Waals surface area contributed by atoms with Gasteiger partial charge in [-0.3, -0.25) is 4.55 Å². The Labute approximate surface area is 136 Å². The van der Waals surface area contributed by atoms with Gasteiger partial charge in [0.2, 0.25) is 0 Å². The summed E-state index contributed by atoms with van der Waals surface area (Å²) in [6.45, 7) is 0. The number of benzene rings is 1. The van der Waals surface area contributed by atoms with Gasteiger partial charge in [0.05, 0.1) is 26.0 Å². The molecule has 0 aliphatic rings. The minimum Gasteiger partial charge on any atom is -0.504 e. The Morgan fingerprint density at radius 2 is 1.87 bits per heavy atom. The Bertz CT molecular complexity index is 772. The van der Waals surface area contributed by atoms with Crippen LogP contribution in [-0.2, 0) is 29.2 Å². The lowest BCUT2D eigenvalue weighted by atomic mass is 10.2. The second-order valence-electron chi connectivity index (χ2n) is 3.97. The molecule has 1 aromatic rings. The zero-order chi connectivity index (χ0) is 17.8. The smallest absolute Gasteiger partial charge is 0.354 e. The molecule has 0 saturated carbocycles. The fourth-order valence-electron chi connectivity index (χ4n) is 1.44. The molecule has 0 saturated heterocycles. The monoisotopic (exact) mass is 365 g/mol. The molecule has 126 valence electrons. The van der Waals surface area contributed by atoms with Gasteiger partial charge >= 0.3 is 11.9 Å². The van der Waals surface area contributed by atoms with E-state index in [4.69, 9.17) is 16.2 Å². The zero-order valence-corrected chi connectivity index (χ0v) is 13.4. The largest absolute Gasteiger partial charge is 0.504 e. The van der Waals surface area contributed by atoms with E-state index in [1.54, 1.807) is 0 Å². The van der Waals surface area contributed by atoms with Crippen molar-refractivity contribution in [2.24, 2.45) is 0 Å². The molecule has 11 heteroatoms. The second kappa shape index (κ2) is 7.31. The number of aromatic hydroxyl groups is 1. The zero-order valence-electron chi connectivity index (χ0n) is 11.9. The number of hydrogen-bond donors (Lipinski definition) is 3. The summed E-state index contributed by atoms with van der Waals surface area (Å²) in [5.74, 6) is -2.81. The first-order valence-corrected chi connectivity index (χ1v) is 7.57. The highest BCUT2D eigenvalue weighted by atomic mass is 35.5. The van der Waals surface area contributed by atoms with E-state index in [0.717, 1.165) is 32.4 Å². The Kier molecular flexibility index (Phi) is 5.96. The summed E-state index contributed by atoms with van der Waals surface area (Å²) >= 11 is 5.70. The van der Waals surface area contributed by atoms with Gasteiger partial charge in [0, 0.05) is 5.02 Å². The highest BCUT2D eigenvalue weighted by Gasteiger charge is 2.22. The fourth-order valence-corrected chi connectivity index (χ4v) is 2.36. The number of esters is 2. The highest BCUT2D eigenvalue weighted by Crippen LogP contribution is 2.35. The van der Waals surface area contributed by atoms with Gasteiger partial charge < -0.3 is 19.9 Å². The predicted molar refractivity (Wildman–Crippen MR) is 78.7 cm³/mol. The van der Waals surface area contributed by atoms with E-state index in [1.807, 2.05) is 0 Å². The maximum absolute atomic E-state index is 11.6. The molecule has 0 atom stereocenters. The molecule has 1 rings (SSSR count). The topological polar surface area (TPSA) is 139 Å². The predicted octanol–water partition coefficient (Wildman–Crippen LogP) is 0.934. The van der Waals surface area contributed by atoms with E-state index in [9.17, 15) is 23.1 Å². The normalized spacial score (nSPS) is 11.7. The van der Waals surface area contributed by atoms with E-state index in [0.29, 0.717) is 0 Å². The first-order chi connectivity index (χ1) is 10.6. The Morgan fingerprint density at radius 3 is 2.35 bits per heavy atom. The number of halogens is 1. The summed E-state index contributed by atoms with van der Waals surface area (Å²) in [7, 11) is -2.66. The molecule has 0 radical (unpaired) electrons. The number of ether oxygens (including phenoxy) is 2. The molecule has 0 bridgehead atoms. The minimum absolute atomic E-state index is 0.166. The first-order valence-electron chi connectivity index (χ1n) is 5.75. The summed E-state index contributed by atoms with van der Waals surface area (Å²) in [6, 6.07) is 1.87. The van der Waals surface area contributed by atoms with Crippen LogP contribution in [0.1, 0.15) is 0 Å². The van der Waals surface area contributed by atoms with Crippen LogP contribution in [0, 0.1) is 0 Å². The van der Waals surface area contributed by atoms with E-state index in [1.165, 1.54) is 0 Å². The molecule has 0 aliphatic carbocycles. The van der Waals surface area contributed by atoms with Crippen molar-refractivity contribution in [3.63, 3.8) is 0 Å². The molecule has 0 heterocycles. The van der Waals surface area contributed by atoms with Gasteiger partial charge in [-0.2, -0.15) is 8.42 Å². The van der Waals surface area contributed by atoms with Crippen LogP contribution in [0.2, 0.25) is 5.02 Å². The number of anilines is 1. The number of hydrogen-bond acceptors (Lipinski definition) is 8. The van der Waals surface area contributed by atoms with Crippen molar-refractivity contribution < 1.29 is 37.1 Å². The van der Waals surface area contributed by atoms with Crippen molar-refractivity contribution in [3.8, 4) is 5.75 Å². The van der Waals surface area contributed by atoms with Crippen LogP contribution in [0.4, 0.5) is 5.69 Å². The molecule has 0 spiro atoms. The van der Waals surface area contributed by atoms with Crippen molar-refractivity contribution in [2.45, 2.75) is 4.90 Å². The van der Waals surface area contributed by atoms with E-state index < -0.39 is 38.4 Å². The van der Waals surface area contributed by atoms with E-state index in [2.05, 4.69) is 14.8 Å². The third kappa shape index (κ3) is 4.84. The van der Waals surface area contributed by atoms with Gasteiger partial charge in [0.25, 0.3) is 10.1 Å². The molecule has 0 amide bonds. The van der Waals surface area contributed by atoms with Gasteiger partial charge in [-0.15, -0.1) is 0 Å². The summed E-state index contributed by atoms with van der Waals surface area (Å²) in [4.78, 5) is 22.0. The minimum atomic E-state index is -4.77. The first kappa shape index (κ1) is 18.7. The van der Waals surface area contributed by atoms with E-state index in [-0.39, 0.29) is 10.7 Å². The van der Waals surface area contributed by atoms with Gasteiger partial charge in [-0.1, -0.05) is 11.6 Å². The quantitative estimate of drug-likeness (QED) is 0.301. The molecular formula is C12H12ClNO8S. The Hall–Kier alpha value is -2.30. The number of nitrogens with one attached hydrogen (secondary N) is 1. The van der Waals surface area contributed by atoms with Crippen molar-refractivity contribution in [1.82, 2.24) is 0 Å². The molecule has 0 aromatic heterocycles. The third-order valence-electron chi connectivity index (χ3n) is 2.46. The molecule has 0 aliphatic heterocycles. The van der Waals surface area contributed by atoms with Crippen molar-refractivity contribution in [3.05, 3.63) is 28.9 Å². The molecule has 3 N–H and O–H groups in total. The molecule has 0 fully saturated rings. The summed E-state index contributed by atoms with van der Waals surface area (Å²) in [5, 5.41) is 12.0. The van der Waals surface area contributed by atoms with Gasteiger partial charge in [-0.05, 0) is 12.1 Å². The van der Waals surface area contributed by atoms with Gasteiger partial charge in [0.15, 0.2) is 5.75 Å². The summed E-state index contributed by atoms with van der Waals surface area (Å²) in [5.41, 5.74) is -0.816. The number of phenolic OH excluding ortho intramolecular Hbond substituents is 1. The number of carbonyl (C=O) groups excluding carboxylic acids is 2. The van der Waals surface area contributed by atoms with Crippen molar-refractivity contribution in [1.29, 1.82) is 0 Å². The van der Waals surface area contributed by atoms with Crippen LogP contribution < -0.4 is 5.32 Å². The Morgan fingerprint density at radius 1 is 1.26 bits per heavy atom. The molecule has 9 nitrogen and oxygen atoms in total. The van der Waals surface area contributed by atoms with Gasteiger partial charge in [0.1, 0.15) is 10.6 Å². The van der Waals surface area contributed by atoms with Crippen LogP contribution in [0.15, 0.2) is 28.8 Å². The highest BCUT2D eigenvalue weighted by molar-refractivity contribution is 7.86. The average Bonchev–Trinajstić information content (AvgIpc) is 2.47. The van der Waals surface area contributed by atoms with Gasteiger partial charge in [-0.25, -0.2) is 9.59 Å². The van der Waals surface area contributed by atoms with Crippen molar-refractivity contribution >= 4 is 39.3 Å². The number of carbonyl (C=O) groups is 2. The van der Waals surface area contributed by atoms with Crippen LogP contribution in [0.3, 0.4) is 0 Å².